The number of hydrazine groups is 1. The van der Waals surface area contributed by atoms with Crippen molar-refractivity contribution in [2.24, 2.45) is 5.84 Å². The van der Waals surface area contributed by atoms with Gasteiger partial charge < -0.3 is 9.47 Å². The van der Waals surface area contributed by atoms with Gasteiger partial charge in [-0.15, -0.1) is 0 Å². The lowest BCUT2D eigenvalue weighted by molar-refractivity contribution is 0.0645. The maximum absolute atomic E-state index is 5.55. The Hall–Kier alpha value is -2.26. The highest BCUT2D eigenvalue weighted by atomic mass is 16.5. The van der Waals surface area contributed by atoms with Gasteiger partial charge >= 0.3 is 6.01 Å². The summed E-state index contributed by atoms with van der Waals surface area (Å²) in [5, 5.41) is 0. The molecule has 0 aromatic carbocycles. The fraction of sp³-hybridized carbons (Fsp3) is 0.455. The van der Waals surface area contributed by atoms with Crippen LogP contribution in [0.25, 0.3) is 5.95 Å². The second-order valence-electron chi connectivity index (χ2n) is 4.30. The lowest BCUT2D eigenvalue weighted by atomic mass is 10.2. The van der Waals surface area contributed by atoms with Crippen molar-refractivity contribution in [1.29, 1.82) is 0 Å². The van der Waals surface area contributed by atoms with Gasteiger partial charge in [-0.2, -0.15) is 15.0 Å². The van der Waals surface area contributed by atoms with Gasteiger partial charge in [-0.05, 0) is 12.8 Å². The summed E-state index contributed by atoms with van der Waals surface area (Å²) in [6.07, 6.45) is 7.08. The van der Waals surface area contributed by atoms with Gasteiger partial charge in [-0.1, -0.05) is 0 Å². The fourth-order valence-electron chi connectivity index (χ4n) is 1.91. The minimum Gasteiger partial charge on any atom is -0.461 e. The molecule has 2 aromatic rings. The molecule has 1 aliphatic heterocycles. The lowest BCUT2D eigenvalue weighted by Gasteiger charge is -2.11. The third-order valence-corrected chi connectivity index (χ3v) is 2.89. The van der Waals surface area contributed by atoms with Gasteiger partial charge in [0.2, 0.25) is 11.9 Å². The number of imidazole rings is 1. The largest absolute Gasteiger partial charge is 0.461 e. The minimum absolute atomic E-state index is 0.0951. The Morgan fingerprint density at radius 1 is 1.45 bits per heavy atom. The third kappa shape index (κ3) is 2.83. The standard InChI is InChI=1S/C11H15N7O2/c12-17-9-14-10(18-4-3-13-7-18)16-11(15-9)20-6-8-2-1-5-19-8/h3-4,7-8H,1-2,5-6,12H2,(H,14,15,16,17). The summed E-state index contributed by atoms with van der Waals surface area (Å²) in [6, 6.07) is 0.201. The van der Waals surface area contributed by atoms with Crippen molar-refractivity contribution in [2.75, 3.05) is 18.6 Å². The van der Waals surface area contributed by atoms with Crippen LogP contribution in [0.2, 0.25) is 0 Å². The van der Waals surface area contributed by atoms with Crippen LogP contribution in [-0.4, -0.2) is 43.8 Å². The molecule has 9 nitrogen and oxygen atoms in total. The highest BCUT2D eigenvalue weighted by Gasteiger charge is 2.17. The average molecular weight is 277 g/mol. The van der Waals surface area contributed by atoms with E-state index >= 15 is 0 Å². The van der Waals surface area contributed by atoms with Gasteiger partial charge in [-0.25, -0.2) is 10.8 Å². The van der Waals surface area contributed by atoms with E-state index in [0.29, 0.717) is 12.6 Å². The monoisotopic (exact) mass is 277 g/mol. The van der Waals surface area contributed by atoms with Crippen LogP contribution in [-0.2, 0) is 4.74 Å². The fourth-order valence-corrected chi connectivity index (χ4v) is 1.91. The molecule has 1 atom stereocenters. The zero-order valence-electron chi connectivity index (χ0n) is 10.8. The third-order valence-electron chi connectivity index (χ3n) is 2.89. The maximum Gasteiger partial charge on any atom is 0.323 e. The van der Waals surface area contributed by atoms with Crippen LogP contribution in [0.5, 0.6) is 6.01 Å². The second-order valence-corrected chi connectivity index (χ2v) is 4.30. The molecule has 9 heteroatoms. The molecule has 0 aliphatic carbocycles. The van der Waals surface area contributed by atoms with Gasteiger partial charge in [0.25, 0.3) is 0 Å². The van der Waals surface area contributed by atoms with Crippen molar-refractivity contribution in [2.45, 2.75) is 18.9 Å². The first-order valence-corrected chi connectivity index (χ1v) is 6.30. The molecular formula is C11H15N7O2. The molecule has 2 aromatic heterocycles. The van der Waals surface area contributed by atoms with E-state index in [0.717, 1.165) is 19.4 Å². The van der Waals surface area contributed by atoms with Crippen LogP contribution in [0.3, 0.4) is 0 Å². The van der Waals surface area contributed by atoms with E-state index in [-0.39, 0.29) is 18.1 Å². The van der Waals surface area contributed by atoms with Crippen LogP contribution in [0, 0.1) is 0 Å². The number of nitrogens with two attached hydrogens (primary N) is 1. The molecule has 1 fully saturated rings. The minimum atomic E-state index is 0.0951. The first-order valence-electron chi connectivity index (χ1n) is 6.30. The number of nitrogens with one attached hydrogen (secondary N) is 1. The molecule has 20 heavy (non-hydrogen) atoms. The van der Waals surface area contributed by atoms with Crippen molar-refractivity contribution in [3.63, 3.8) is 0 Å². The van der Waals surface area contributed by atoms with Gasteiger partial charge in [0.05, 0.1) is 6.10 Å². The van der Waals surface area contributed by atoms with Crippen molar-refractivity contribution < 1.29 is 9.47 Å². The highest BCUT2D eigenvalue weighted by molar-refractivity contribution is 5.28. The molecule has 3 heterocycles. The SMILES string of the molecule is NNc1nc(OCC2CCCO2)nc(-n2ccnc2)n1. The van der Waals surface area contributed by atoms with Crippen LogP contribution in [0.15, 0.2) is 18.7 Å². The van der Waals surface area contributed by atoms with Crippen molar-refractivity contribution in [3.8, 4) is 12.0 Å². The van der Waals surface area contributed by atoms with E-state index in [2.05, 4.69) is 25.4 Å². The predicted octanol–water partition coefficient (Wildman–Crippen LogP) is -0.0993. The first kappa shape index (κ1) is 12.8. The molecule has 1 saturated heterocycles. The van der Waals surface area contributed by atoms with E-state index in [1.54, 1.807) is 23.3 Å². The summed E-state index contributed by atoms with van der Waals surface area (Å²) in [6.45, 7) is 1.19. The zero-order chi connectivity index (χ0) is 13.8. The van der Waals surface area contributed by atoms with Gasteiger partial charge in [0, 0.05) is 19.0 Å². The van der Waals surface area contributed by atoms with Gasteiger partial charge in [0.1, 0.15) is 12.9 Å². The lowest BCUT2D eigenvalue weighted by Crippen LogP contribution is -2.19. The predicted molar refractivity (Wildman–Crippen MR) is 69.2 cm³/mol. The molecule has 0 amide bonds. The summed E-state index contributed by atoms with van der Waals surface area (Å²) < 4.78 is 12.7. The summed E-state index contributed by atoms with van der Waals surface area (Å²) in [5.74, 6) is 5.96. The summed E-state index contributed by atoms with van der Waals surface area (Å²) in [7, 11) is 0. The molecule has 0 spiro atoms. The number of hydrogen-bond donors (Lipinski definition) is 2. The van der Waals surface area contributed by atoms with Crippen LogP contribution in [0.4, 0.5) is 5.95 Å². The number of nitrogen functional groups attached to an aromatic ring is 1. The summed E-state index contributed by atoms with van der Waals surface area (Å²) in [4.78, 5) is 16.3. The van der Waals surface area contributed by atoms with E-state index in [4.69, 9.17) is 15.3 Å². The van der Waals surface area contributed by atoms with Crippen molar-refractivity contribution in [3.05, 3.63) is 18.7 Å². The number of ether oxygens (including phenoxy) is 2. The number of anilines is 1. The van der Waals surface area contributed by atoms with E-state index in [9.17, 15) is 0 Å². The number of aromatic nitrogens is 5. The Morgan fingerprint density at radius 3 is 3.10 bits per heavy atom. The van der Waals surface area contributed by atoms with E-state index in [1.807, 2.05) is 0 Å². The molecule has 3 N–H and O–H groups in total. The maximum atomic E-state index is 5.55. The van der Waals surface area contributed by atoms with E-state index < -0.39 is 0 Å². The highest BCUT2D eigenvalue weighted by Crippen LogP contribution is 2.15. The molecule has 1 unspecified atom stereocenters. The molecule has 106 valence electrons. The smallest absolute Gasteiger partial charge is 0.323 e. The molecule has 0 bridgehead atoms. The van der Waals surface area contributed by atoms with Gasteiger partial charge in [-0.3, -0.25) is 9.99 Å². The Bertz CT molecular complexity index is 554. The molecular weight excluding hydrogens is 262 g/mol. The molecule has 0 saturated carbocycles. The quantitative estimate of drug-likeness (QED) is 0.575. The van der Waals surface area contributed by atoms with Crippen LogP contribution in [0.1, 0.15) is 12.8 Å². The Kier molecular flexibility index (Phi) is 3.70. The van der Waals surface area contributed by atoms with Crippen molar-refractivity contribution in [1.82, 2.24) is 24.5 Å². The number of rotatable bonds is 5. The number of hydrogen-bond acceptors (Lipinski definition) is 8. The topological polar surface area (TPSA) is 113 Å². The normalized spacial score (nSPS) is 18.1. The molecule has 0 radical (unpaired) electrons. The second kappa shape index (κ2) is 5.80. The van der Waals surface area contributed by atoms with Gasteiger partial charge in [0.15, 0.2) is 0 Å². The molecule has 3 rings (SSSR count). The van der Waals surface area contributed by atoms with Crippen molar-refractivity contribution >= 4 is 5.95 Å². The Labute approximate surface area is 115 Å². The summed E-state index contributed by atoms with van der Waals surface area (Å²) in [5.41, 5.74) is 2.39. The first-order chi connectivity index (χ1) is 9.85. The average Bonchev–Trinajstić information content (AvgIpc) is 3.17. The zero-order valence-corrected chi connectivity index (χ0v) is 10.8. The van der Waals surface area contributed by atoms with Crippen LogP contribution >= 0.6 is 0 Å². The van der Waals surface area contributed by atoms with E-state index in [1.165, 1.54) is 0 Å². The molecule has 1 aliphatic rings. The van der Waals surface area contributed by atoms with Crippen LogP contribution < -0.4 is 16.0 Å². The Morgan fingerprint density at radius 2 is 2.40 bits per heavy atom. The Balaban J connectivity index is 1.77. The number of nitrogens with zero attached hydrogens (tertiary/aromatic N) is 5. The summed E-state index contributed by atoms with van der Waals surface area (Å²) >= 11 is 0.